The van der Waals surface area contributed by atoms with Crippen molar-refractivity contribution in [1.29, 1.82) is 0 Å². The van der Waals surface area contributed by atoms with E-state index in [2.05, 4.69) is 0 Å². The first-order valence-corrected chi connectivity index (χ1v) is 17.8. The van der Waals surface area contributed by atoms with Gasteiger partial charge in [-0.3, -0.25) is 0 Å². The molecule has 0 amide bonds. The van der Waals surface area contributed by atoms with Gasteiger partial charge >= 0.3 is 23.9 Å². The van der Waals surface area contributed by atoms with E-state index in [1.807, 2.05) is 48.5 Å². The number of benzene rings is 7. The third kappa shape index (κ3) is 7.89. The summed E-state index contributed by atoms with van der Waals surface area (Å²) in [6, 6.07) is 41.6. The van der Waals surface area contributed by atoms with Crippen LogP contribution in [0.4, 0.5) is 0 Å². The van der Waals surface area contributed by atoms with Gasteiger partial charge in [0.05, 0.1) is 36.5 Å². The molecular weight excluding hydrogens is 737 g/mol. The van der Waals surface area contributed by atoms with Gasteiger partial charge in [-0.1, -0.05) is 48.5 Å². The molecule has 58 heavy (non-hydrogen) atoms. The van der Waals surface area contributed by atoms with E-state index in [0.717, 1.165) is 55.6 Å². The van der Waals surface area contributed by atoms with Gasteiger partial charge in [0, 0.05) is 11.1 Å². The molecule has 0 atom stereocenters. The molecule has 0 radical (unpaired) electrons. The molecule has 10 nitrogen and oxygen atoms in total. The van der Waals surface area contributed by atoms with Gasteiger partial charge in [0.15, 0.2) is 0 Å². The molecule has 7 aromatic carbocycles. The van der Waals surface area contributed by atoms with Crippen molar-refractivity contribution < 1.29 is 49.1 Å². The third-order valence-electron chi connectivity index (χ3n) is 9.87. The summed E-state index contributed by atoms with van der Waals surface area (Å²) in [5.74, 6) is -3.15. The van der Waals surface area contributed by atoms with Crippen LogP contribution in [0.2, 0.25) is 0 Å². The lowest BCUT2D eigenvalue weighted by molar-refractivity contribution is 0.0686. The van der Waals surface area contributed by atoms with E-state index in [1.54, 1.807) is 62.8 Å². The van der Waals surface area contributed by atoms with Crippen molar-refractivity contribution in [3.05, 3.63) is 168 Å². The lowest BCUT2D eigenvalue weighted by Crippen LogP contribution is -1.97. The maximum atomic E-state index is 11.6. The fraction of sp³-hybridized carbons (Fsp3) is 0.0417. The summed E-state index contributed by atoms with van der Waals surface area (Å²) in [5.41, 5.74) is 9.57. The number of carboxylic acids is 4. The van der Waals surface area contributed by atoms with Crippen LogP contribution in [0.3, 0.4) is 0 Å². The fourth-order valence-electron chi connectivity index (χ4n) is 6.80. The third-order valence-corrected chi connectivity index (χ3v) is 9.87. The van der Waals surface area contributed by atoms with Gasteiger partial charge in [-0.25, -0.2) is 19.2 Å². The molecule has 0 saturated heterocycles. The Morgan fingerprint density at radius 1 is 0.310 bits per heavy atom. The second-order valence-electron chi connectivity index (χ2n) is 13.4. The van der Waals surface area contributed by atoms with Crippen LogP contribution in [0.15, 0.2) is 146 Å². The molecule has 0 aromatic heterocycles. The normalized spacial score (nSPS) is 10.8. The predicted octanol–water partition coefficient (Wildman–Crippen LogP) is 10.5. The molecule has 0 bridgehead atoms. The number of carbonyl (C=O) groups is 4. The second-order valence-corrected chi connectivity index (χ2v) is 13.4. The van der Waals surface area contributed by atoms with Crippen LogP contribution in [0.5, 0.6) is 11.5 Å². The average molecular weight is 771 g/mol. The molecule has 0 aliphatic heterocycles. The Morgan fingerprint density at radius 3 is 0.707 bits per heavy atom. The monoisotopic (exact) mass is 770 g/mol. The summed E-state index contributed by atoms with van der Waals surface area (Å²) in [6.45, 7) is 0. The standard InChI is InChI=1S/C48H34O10/c1-57-43-25-42(40-23-37(29-7-15-33(16-8-29)47(53)54)20-38(24-40)30-9-17-34(18-10-30)48(55)56)44(58-2)26-41(43)39-21-35(27-3-11-31(12-4-27)45(49)50)19-36(22-39)28-5-13-32(14-6-28)46(51)52/h3-26H,1-2H3,(H,49,50)(H,51,52)(H,53,54)(H,55,56). The Balaban J connectivity index is 1.40. The van der Waals surface area contributed by atoms with E-state index < -0.39 is 23.9 Å². The highest BCUT2D eigenvalue weighted by molar-refractivity contribution is 5.93. The molecule has 0 spiro atoms. The number of ether oxygens (including phenoxy) is 2. The van der Waals surface area contributed by atoms with Crippen LogP contribution < -0.4 is 9.47 Å². The first-order valence-electron chi connectivity index (χ1n) is 17.8. The van der Waals surface area contributed by atoms with Crippen LogP contribution in [0.25, 0.3) is 66.8 Å². The maximum absolute atomic E-state index is 11.6. The minimum Gasteiger partial charge on any atom is -0.496 e. The molecule has 0 heterocycles. The number of hydrogen-bond acceptors (Lipinski definition) is 6. The highest BCUT2D eigenvalue weighted by atomic mass is 16.5. The first kappa shape index (κ1) is 38.3. The lowest BCUT2D eigenvalue weighted by Gasteiger charge is -2.18. The largest absolute Gasteiger partial charge is 0.496 e. The molecule has 10 heteroatoms. The van der Waals surface area contributed by atoms with Crippen LogP contribution in [-0.4, -0.2) is 58.5 Å². The summed E-state index contributed by atoms with van der Waals surface area (Å²) in [5, 5.41) is 38.0. The van der Waals surface area contributed by atoms with Crippen LogP contribution >= 0.6 is 0 Å². The quantitative estimate of drug-likeness (QED) is 0.0938. The number of methoxy groups -OCH3 is 2. The number of aromatic carboxylic acids is 4. The van der Waals surface area contributed by atoms with E-state index in [9.17, 15) is 39.6 Å². The van der Waals surface area contributed by atoms with Crippen molar-refractivity contribution in [1.82, 2.24) is 0 Å². The number of rotatable bonds is 12. The van der Waals surface area contributed by atoms with E-state index in [0.29, 0.717) is 22.6 Å². The van der Waals surface area contributed by atoms with Gasteiger partial charge in [0.25, 0.3) is 0 Å². The van der Waals surface area contributed by atoms with Gasteiger partial charge in [-0.05, 0) is 153 Å². The molecular formula is C48H34O10. The van der Waals surface area contributed by atoms with Gasteiger partial charge in [0.1, 0.15) is 11.5 Å². The average Bonchev–Trinajstić information content (AvgIpc) is 3.25. The topological polar surface area (TPSA) is 168 Å². The van der Waals surface area contributed by atoms with Gasteiger partial charge in [-0.2, -0.15) is 0 Å². The van der Waals surface area contributed by atoms with Gasteiger partial charge in [-0.15, -0.1) is 0 Å². The summed E-state index contributed by atoms with van der Waals surface area (Å²) in [6.07, 6.45) is 0. The lowest BCUT2D eigenvalue weighted by atomic mass is 9.89. The Kier molecular flexibility index (Phi) is 10.6. The number of hydrogen-bond donors (Lipinski definition) is 4. The van der Waals surface area contributed by atoms with E-state index in [4.69, 9.17) is 9.47 Å². The molecule has 7 aromatic rings. The van der Waals surface area contributed by atoms with Crippen molar-refractivity contribution in [3.63, 3.8) is 0 Å². The van der Waals surface area contributed by atoms with Crippen LogP contribution in [-0.2, 0) is 0 Å². The van der Waals surface area contributed by atoms with Gasteiger partial charge < -0.3 is 29.9 Å². The van der Waals surface area contributed by atoms with Crippen molar-refractivity contribution in [2.24, 2.45) is 0 Å². The zero-order valence-electron chi connectivity index (χ0n) is 31.1. The summed E-state index contributed by atoms with van der Waals surface area (Å²) in [4.78, 5) is 46.4. The first-order chi connectivity index (χ1) is 27.9. The Hall–Kier alpha value is -7.98. The van der Waals surface area contributed by atoms with Gasteiger partial charge in [0.2, 0.25) is 0 Å². The van der Waals surface area contributed by atoms with Crippen molar-refractivity contribution >= 4 is 23.9 Å². The molecule has 7 rings (SSSR count). The minimum absolute atomic E-state index is 0.146. The van der Waals surface area contributed by atoms with Crippen molar-refractivity contribution in [2.45, 2.75) is 0 Å². The second kappa shape index (κ2) is 16.0. The molecule has 0 saturated carbocycles. The Bertz CT molecular complexity index is 2370. The molecule has 286 valence electrons. The Labute approximate surface area is 332 Å². The molecule has 4 N–H and O–H groups in total. The maximum Gasteiger partial charge on any atom is 0.335 e. The zero-order valence-corrected chi connectivity index (χ0v) is 31.1. The van der Waals surface area contributed by atoms with Crippen LogP contribution in [0.1, 0.15) is 41.4 Å². The minimum atomic E-state index is -1.04. The molecule has 0 fully saturated rings. The van der Waals surface area contributed by atoms with Crippen LogP contribution in [0, 0.1) is 0 Å². The van der Waals surface area contributed by atoms with E-state index in [-0.39, 0.29) is 22.3 Å². The van der Waals surface area contributed by atoms with E-state index >= 15 is 0 Å². The number of carboxylic acid groups (broad SMARTS) is 4. The zero-order chi connectivity index (χ0) is 41.1. The summed E-state index contributed by atoms with van der Waals surface area (Å²) >= 11 is 0. The Morgan fingerprint density at radius 2 is 0.517 bits per heavy atom. The highest BCUT2D eigenvalue weighted by Crippen LogP contribution is 2.45. The van der Waals surface area contributed by atoms with Crippen molar-refractivity contribution in [2.75, 3.05) is 14.2 Å². The van der Waals surface area contributed by atoms with E-state index in [1.165, 1.54) is 48.5 Å². The molecule has 0 aliphatic rings. The smallest absolute Gasteiger partial charge is 0.335 e. The van der Waals surface area contributed by atoms with Crippen molar-refractivity contribution in [3.8, 4) is 78.3 Å². The summed E-state index contributed by atoms with van der Waals surface area (Å²) < 4.78 is 12.1. The SMILES string of the molecule is COc1cc(-c2cc(-c3ccc(C(=O)O)cc3)cc(-c3ccc(C(=O)O)cc3)c2)c(OC)cc1-c1cc(-c2ccc(C(=O)O)cc2)cc(-c2ccc(C(=O)O)cc2)c1. The highest BCUT2D eigenvalue weighted by Gasteiger charge is 2.19. The predicted molar refractivity (Wildman–Crippen MR) is 220 cm³/mol. The molecule has 0 unspecified atom stereocenters. The fourth-order valence-corrected chi connectivity index (χ4v) is 6.80. The summed E-state index contributed by atoms with van der Waals surface area (Å²) in [7, 11) is 3.12. The molecule has 0 aliphatic carbocycles.